The van der Waals surface area contributed by atoms with E-state index in [9.17, 15) is 9.90 Å². The van der Waals surface area contributed by atoms with E-state index in [1.807, 2.05) is 33.9 Å². The minimum absolute atomic E-state index is 0.259. The third kappa shape index (κ3) is 6.40. The van der Waals surface area contributed by atoms with Gasteiger partial charge in [0.25, 0.3) is 0 Å². The number of aromatic amines is 1. The van der Waals surface area contributed by atoms with E-state index in [1.165, 1.54) is 16.7 Å². The van der Waals surface area contributed by atoms with Crippen molar-refractivity contribution in [3.05, 3.63) is 63.7 Å². The summed E-state index contributed by atoms with van der Waals surface area (Å²) in [5.41, 5.74) is 10.1. The Balaban J connectivity index is 1.59. The highest BCUT2D eigenvalue weighted by molar-refractivity contribution is 5.88. The number of hydrogen-bond acceptors (Lipinski definition) is 6. The van der Waals surface area contributed by atoms with Crippen molar-refractivity contribution in [3.63, 3.8) is 0 Å². The van der Waals surface area contributed by atoms with Crippen LogP contribution < -0.4 is 4.90 Å². The first-order chi connectivity index (χ1) is 19.7. The Bertz CT molecular complexity index is 1460. The largest absolute Gasteiger partial charge is 0.479 e. The van der Waals surface area contributed by atoms with Crippen LogP contribution in [0.25, 0.3) is 11.1 Å². The molecule has 8 nitrogen and oxygen atoms in total. The lowest BCUT2D eigenvalue weighted by molar-refractivity contribution is -0.160. The summed E-state index contributed by atoms with van der Waals surface area (Å²) in [6.45, 7) is 20.9. The molecule has 2 aliphatic heterocycles. The molecule has 0 aliphatic carbocycles. The summed E-state index contributed by atoms with van der Waals surface area (Å²) in [6, 6.07) is 6.77. The molecular weight excluding hydrogens is 526 g/mol. The maximum Gasteiger partial charge on any atom is 0.337 e. The maximum absolute atomic E-state index is 12.8. The van der Waals surface area contributed by atoms with Crippen LogP contribution in [0.1, 0.15) is 92.9 Å². The number of carbonyl (C=O) groups is 1. The van der Waals surface area contributed by atoms with Crippen molar-refractivity contribution in [2.24, 2.45) is 5.41 Å². The van der Waals surface area contributed by atoms with Crippen LogP contribution in [0.4, 0.5) is 5.69 Å². The second-order valence-corrected chi connectivity index (χ2v) is 14.0. The molecule has 1 atom stereocenters. The number of carboxylic acids is 1. The number of hydrogen-bond donors (Lipinski definition) is 2. The van der Waals surface area contributed by atoms with Gasteiger partial charge >= 0.3 is 5.97 Å². The Kier molecular flexibility index (Phi) is 8.25. The zero-order chi connectivity index (χ0) is 30.4. The van der Waals surface area contributed by atoms with E-state index in [0.717, 1.165) is 85.9 Å². The second kappa shape index (κ2) is 11.5. The first kappa shape index (κ1) is 30.2. The summed E-state index contributed by atoms with van der Waals surface area (Å²) in [5.74, 6) is -0.985. The van der Waals surface area contributed by atoms with E-state index in [-0.39, 0.29) is 5.41 Å². The summed E-state index contributed by atoms with van der Waals surface area (Å²) >= 11 is 0. The molecule has 8 heteroatoms. The van der Waals surface area contributed by atoms with Crippen LogP contribution in [-0.2, 0) is 29.0 Å². The highest BCUT2D eigenvalue weighted by Gasteiger charge is 2.36. The van der Waals surface area contributed by atoms with E-state index < -0.39 is 17.7 Å². The molecule has 3 aromatic rings. The van der Waals surface area contributed by atoms with Crippen molar-refractivity contribution < 1.29 is 14.6 Å². The van der Waals surface area contributed by atoms with Gasteiger partial charge in [0.2, 0.25) is 0 Å². The zero-order valence-corrected chi connectivity index (χ0v) is 26.6. The number of piperidine rings is 1. The molecule has 226 valence electrons. The van der Waals surface area contributed by atoms with Gasteiger partial charge in [0.1, 0.15) is 0 Å². The molecule has 5 rings (SSSR count). The molecule has 4 heterocycles. The molecule has 1 saturated heterocycles. The van der Waals surface area contributed by atoms with Gasteiger partial charge in [-0.25, -0.2) is 4.79 Å². The number of benzene rings is 1. The molecule has 2 aromatic heterocycles. The number of carboxylic acid groups (broad SMARTS) is 1. The van der Waals surface area contributed by atoms with Crippen LogP contribution >= 0.6 is 0 Å². The number of H-pyrrole nitrogens is 1. The lowest BCUT2D eigenvalue weighted by Crippen LogP contribution is -2.39. The number of pyridine rings is 1. The average molecular weight is 574 g/mol. The molecule has 2 aliphatic rings. The molecule has 0 unspecified atom stereocenters. The first-order valence-corrected chi connectivity index (χ1v) is 15.2. The van der Waals surface area contributed by atoms with Gasteiger partial charge in [0.15, 0.2) is 6.10 Å². The van der Waals surface area contributed by atoms with Crippen molar-refractivity contribution in [1.29, 1.82) is 0 Å². The number of aliphatic carboxylic acids is 1. The number of ether oxygens (including phenoxy) is 1. The summed E-state index contributed by atoms with van der Waals surface area (Å²) in [4.78, 5) is 22.6. The van der Waals surface area contributed by atoms with Crippen LogP contribution in [0.5, 0.6) is 0 Å². The van der Waals surface area contributed by atoms with E-state index >= 15 is 0 Å². The molecule has 2 N–H and O–H groups in total. The van der Waals surface area contributed by atoms with Crippen molar-refractivity contribution in [3.8, 4) is 11.1 Å². The highest BCUT2D eigenvalue weighted by Crippen LogP contribution is 2.45. The van der Waals surface area contributed by atoms with Crippen molar-refractivity contribution in [2.45, 2.75) is 99.4 Å². The molecule has 0 radical (unpaired) electrons. The summed E-state index contributed by atoms with van der Waals surface area (Å²) in [5, 5.41) is 17.7. The van der Waals surface area contributed by atoms with Gasteiger partial charge in [-0.15, -0.1) is 0 Å². The average Bonchev–Trinajstić information content (AvgIpc) is 3.30. The number of nitrogens with zero attached hydrogens (tertiary/aromatic N) is 4. The fraction of sp³-hybridized carbons (Fsp3) is 0.559. The standard InChI is InChI=1S/C34H47N5O3/c1-21-27(18-35-37-21)20-38-14-11-24-17-25(9-10-26(24)19-38)28-22(2)36-23(3)29(31(32(40)41)42-33(4,5)6)30(28)39-15-12-34(7,8)13-16-39/h9-10,17-18,31H,11-16,19-20H2,1-8H3,(H,35,37)(H,40,41)/t31-/m0/s1. The van der Waals surface area contributed by atoms with Crippen LogP contribution in [0.15, 0.2) is 24.4 Å². The van der Waals surface area contributed by atoms with E-state index in [4.69, 9.17) is 9.72 Å². The van der Waals surface area contributed by atoms with Gasteiger partial charge in [0, 0.05) is 66.5 Å². The number of rotatable bonds is 7. The quantitative estimate of drug-likeness (QED) is 0.332. The van der Waals surface area contributed by atoms with Crippen molar-refractivity contribution >= 4 is 11.7 Å². The van der Waals surface area contributed by atoms with Crippen LogP contribution in [0.3, 0.4) is 0 Å². The normalized spacial score (nSPS) is 18.1. The SMILES string of the molecule is Cc1nc(C)c([C@H](OC(C)(C)C)C(=O)O)c(N2CCC(C)(C)CC2)c1-c1ccc2c(c1)CCN(Cc1cn[nH]c1C)C2. The van der Waals surface area contributed by atoms with Gasteiger partial charge in [-0.2, -0.15) is 5.10 Å². The molecule has 0 amide bonds. The van der Waals surface area contributed by atoms with Gasteiger partial charge in [-0.05, 0) is 82.9 Å². The maximum atomic E-state index is 12.8. The van der Waals surface area contributed by atoms with E-state index in [0.29, 0.717) is 5.56 Å². The van der Waals surface area contributed by atoms with Gasteiger partial charge < -0.3 is 14.7 Å². The summed E-state index contributed by atoms with van der Waals surface area (Å²) in [7, 11) is 0. The molecule has 0 bridgehead atoms. The number of anilines is 1. The molecule has 0 saturated carbocycles. The second-order valence-electron chi connectivity index (χ2n) is 14.0. The number of aromatic nitrogens is 3. The molecule has 42 heavy (non-hydrogen) atoms. The van der Waals surface area contributed by atoms with Crippen LogP contribution in [0.2, 0.25) is 0 Å². The third-order valence-electron chi connectivity index (χ3n) is 8.88. The fourth-order valence-electron chi connectivity index (χ4n) is 6.43. The predicted octanol–water partition coefficient (Wildman–Crippen LogP) is 6.52. The molecule has 1 fully saturated rings. The zero-order valence-electron chi connectivity index (χ0n) is 26.6. The topological polar surface area (TPSA) is 94.6 Å². The van der Waals surface area contributed by atoms with Crippen molar-refractivity contribution in [1.82, 2.24) is 20.1 Å². The van der Waals surface area contributed by atoms with Gasteiger partial charge in [-0.3, -0.25) is 15.0 Å². The summed E-state index contributed by atoms with van der Waals surface area (Å²) < 4.78 is 6.24. The number of nitrogens with one attached hydrogen (secondary N) is 1. The van der Waals surface area contributed by atoms with Crippen molar-refractivity contribution in [2.75, 3.05) is 24.5 Å². The minimum atomic E-state index is -1.11. The molecular formula is C34H47N5O3. The van der Waals surface area contributed by atoms with Crippen LogP contribution in [0, 0.1) is 26.2 Å². The predicted molar refractivity (Wildman–Crippen MR) is 167 cm³/mol. The third-order valence-corrected chi connectivity index (χ3v) is 8.88. The van der Waals surface area contributed by atoms with Crippen LogP contribution in [-0.4, -0.2) is 56.4 Å². The Morgan fingerprint density at radius 1 is 1.10 bits per heavy atom. The van der Waals surface area contributed by atoms with E-state index in [1.54, 1.807) is 0 Å². The highest BCUT2D eigenvalue weighted by atomic mass is 16.5. The minimum Gasteiger partial charge on any atom is -0.479 e. The Hall–Kier alpha value is -3.23. The Labute approximate surface area is 250 Å². The van der Waals surface area contributed by atoms with E-state index in [2.05, 4.69) is 65.9 Å². The molecule has 0 spiro atoms. The van der Waals surface area contributed by atoms with Gasteiger partial charge in [0.05, 0.1) is 17.5 Å². The monoisotopic (exact) mass is 573 g/mol. The lowest BCUT2D eigenvalue weighted by Gasteiger charge is -2.41. The first-order valence-electron chi connectivity index (χ1n) is 15.2. The molecule has 1 aromatic carbocycles. The van der Waals surface area contributed by atoms with Gasteiger partial charge in [-0.1, -0.05) is 32.0 Å². The Morgan fingerprint density at radius 2 is 1.81 bits per heavy atom. The number of aryl methyl sites for hydroxylation is 3. The smallest absolute Gasteiger partial charge is 0.337 e. The number of fused-ring (bicyclic) bond motifs is 1. The fourth-order valence-corrected chi connectivity index (χ4v) is 6.43. The Morgan fingerprint density at radius 3 is 2.43 bits per heavy atom. The summed E-state index contributed by atoms with van der Waals surface area (Å²) in [6.07, 6.45) is 3.86. The lowest BCUT2D eigenvalue weighted by atomic mass is 9.81.